The van der Waals surface area contributed by atoms with E-state index in [0.29, 0.717) is 0 Å². The normalized spacial score (nSPS) is 6.17. The summed E-state index contributed by atoms with van der Waals surface area (Å²) in [6.07, 6.45) is 0. The molecule has 0 radical (unpaired) electrons. The molecule has 1 unspecified atom stereocenters. The summed E-state index contributed by atoms with van der Waals surface area (Å²) in [5, 5.41) is 3.25. The standard InChI is InChI=1S/C2H3NOPS/c1-2-3-4-5-6/h1H3/q+1/p+1. The van der Waals surface area contributed by atoms with Crippen LogP contribution in [0, 0.1) is 6.07 Å². The van der Waals surface area contributed by atoms with Crippen LogP contribution in [0.3, 0.4) is 0 Å². The van der Waals surface area contributed by atoms with Crippen LogP contribution in [-0.4, -0.2) is 0 Å². The molecule has 2 nitrogen and oxygen atoms in total. The van der Waals surface area contributed by atoms with Gasteiger partial charge in [-0.3, -0.25) is 0 Å². The van der Waals surface area contributed by atoms with Crippen molar-refractivity contribution >= 4 is 19.4 Å². The van der Waals surface area contributed by atoms with Crippen molar-refractivity contribution in [2.45, 2.75) is 6.92 Å². The Kier molecular flexibility index (Phi) is 4.66. The number of hydrogen-bond donors (Lipinski definition) is 0. The fraction of sp³-hybridized carbons (Fsp3) is 0.500. The molecule has 0 spiro atoms. The Balaban J connectivity index is 3.00. The minimum atomic E-state index is 0.0188. The smallest absolute Gasteiger partial charge is 0.0695 e. The van der Waals surface area contributed by atoms with Gasteiger partial charge in [-0.2, -0.15) is 0 Å². The quantitative estimate of drug-likeness (QED) is 0.383. The van der Waals surface area contributed by atoms with E-state index in [1.807, 2.05) is 0 Å². The van der Waals surface area contributed by atoms with Crippen LogP contribution in [0.15, 0.2) is 0 Å². The summed E-state index contributed by atoms with van der Waals surface area (Å²) in [7, 11) is 0.0188. The van der Waals surface area contributed by atoms with E-state index in [1.165, 1.54) is 0 Å². The summed E-state index contributed by atoms with van der Waals surface area (Å²) < 4.78 is 4.34. The van der Waals surface area contributed by atoms with Gasteiger partial charge in [-0.1, -0.05) is 0 Å². The Morgan fingerprint density at radius 3 is 2.83 bits per heavy atom. The number of nitrogens with zero attached hydrogens (tertiary/aromatic N) is 1. The predicted molar refractivity (Wildman–Crippen MR) is 29.7 cm³/mol. The minimum Gasteiger partial charge on any atom is 0.0695 e. The van der Waals surface area contributed by atoms with Crippen molar-refractivity contribution in [3.05, 3.63) is 5.01 Å². The molecular weight excluding hydrogens is 117 g/mol. The molecule has 0 aromatic carbocycles. The van der Waals surface area contributed by atoms with Crippen LogP contribution in [0.25, 0.3) is 5.01 Å². The van der Waals surface area contributed by atoms with E-state index in [4.69, 9.17) is 0 Å². The Morgan fingerprint density at radius 1 is 2.00 bits per heavy atom. The van der Waals surface area contributed by atoms with Crippen LogP contribution in [0.1, 0.15) is 6.92 Å². The van der Waals surface area contributed by atoms with Crippen LogP contribution in [0.2, 0.25) is 0 Å². The molecular formula is C2H4NOPS+2. The summed E-state index contributed by atoms with van der Waals surface area (Å²) in [4.78, 5) is 0. The molecule has 0 aliphatic rings. The highest BCUT2D eigenvalue weighted by atomic mass is 32.4. The van der Waals surface area contributed by atoms with Crippen LogP contribution in [0.4, 0.5) is 0 Å². The first-order valence-electron chi connectivity index (χ1n) is 1.31. The fourth-order valence-corrected chi connectivity index (χ4v) is 0.305. The molecule has 0 saturated carbocycles. The Labute approximate surface area is 42.8 Å². The summed E-state index contributed by atoms with van der Waals surface area (Å²) in [6.45, 7) is 1.65. The molecule has 0 aromatic rings. The molecule has 0 saturated heterocycles. The molecule has 0 fully saturated rings. The molecule has 4 heteroatoms. The van der Waals surface area contributed by atoms with Crippen molar-refractivity contribution in [3.8, 4) is 6.07 Å². The van der Waals surface area contributed by atoms with Gasteiger partial charge in [0.25, 0.3) is 5.01 Å². The number of hydrogen-bond acceptors (Lipinski definition) is 2. The van der Waals surface area contributed by atoms with Crippen LogP contribution in [0.5, 0.6) is 0 Å². The number of rotatable bonds is 1. The molecule has 0 bridgehead atoms. The average Bonchev–Trinajstić information content (AvgIpc) is 1.61. The van der Waals surface area contributed by atoms with Crippen molar-refractivity contribution in [1.29, 1.82) is 0 Å². The first-order chi connectivity index (χ1) is 2.91. The van der Waals surface area contributed by atoms with Crippen LogP contribution >= 0.6 is 7.58 Å². The van der Waals surface area contributed by atoms with Gasteiger partial charge < -0.3 is 0 Å². The predicted octanol–water partition coefficient (Wildman–Crippen LogP) is 1.33. The van der Waals surface area contributed by atoms with Gasteiger partial charge in [-0.25, -0.2) is 0 Å². The average molecular weight is 121 g/mol. The molecule has 0 aliphatic heterocycles. The summed E-state index contributed by atoms with van der Waals surface area (Å²) >= 11 is 4.39. The van der Waals surface area contributed by atoms with Crippen molar-refractivity contribution in [1.82, 2.24) is 0 Å². The van der Waals surface area contributed by atoms with E-state index in [0.717, 1.165) is 0 Å². The highest BCUT2D eigenvalue weighted by Crippen LogP contribution is 1.92. The fourth-order valence-electron chi connectivity index (χ4n) is 0.0643. The van der Waals surface area contributed by atoms with E-state index >= 15 is 0 Å². The molecule has 0 aliphatic carbocycles. The topological polar surface area (TPSA) is 13.6 Å². The van der Waals surface area contributed by atoms with Gasteiger partial charge in [-0.15, -0.1) is 0 Å². The van der Waals surface area contributed by atoms with E-state index in [2.05, 4.69) is 27.5 Å². The van der Waals surface area contributed by atoms with Crippen LogP contribution in [-0.2, 0) is 16.4 Å². The van der Waals surface area contributed by atoms with Gasteiger partial charge in [0, 0.05) is 0 Å². The van der Waals surface area contributed by atoms with Crippen molar-refractivity contribution in [2.24, 2.45) is 0 Å². The van der Waals surface area contributed by atoms with E-state index < -0.39 is 0 Å². The first kappa shape index (κ1) is 5.81. The molecule has 0 rings (SSSR count). The maximum atomic E-state index is 4.39. The highest BCUT2D eigenvalue weighted by molar-refractivity contribution is 7.94. The van der Waals surface area contributed by atoms with Crippen LogP contribution < -0.4 is 0 Å². The molecule has 0 aromatic heterocycles. The molecule has 0 amide bonds. The maximum absolute atomic E-state index is 4.39. The monoisotopic (exact) mass is 121 g/mol. The Bertz CT molecular complexity index is 93.5. The SMILES string of the molecule is CC#[N+]O[PH+]=S. The van der Waals surface area contributed by atoms with Gasteiger partial charge in [0.15, 0.2) is 0 Å². The Hall–Kier alpha value is -0.190. The highest BCUT2D eigenvalue weighted by Gasteiger charge is 1.84. The second-order valence-corrected chi connectivity index (χ2v) is 1.34. The lowest BCUT2D eigenvalue weighted by Gasteiger charge is -1.36. The Morgan fingerprint density at radius 2 is 2.67 bits per heavy atom. The first-order valence-corrected chi connectivity index (χ1v) is 3.36. The third-order valence-electron chi connectivity index (χ3n) is 0.174. The zero-order chi connectivity index (χ0) is 4.83. The van der Waals surface area contributed by atoms with Crippen molar-refractivity contribution in [3.63, 3.8) is 0 Å². The van der Waals surface area contributed by atoms with E-state index in [-0.39, 0.29) is 7.58 Å². The van der Waals surface area contributed by atoms with E-state index in [9.17, 15) is 0 Å². The molecule has 6 heavy (non-hydrogen) atoms. The largest absolute Gasteiger partial charge is 0.478 e. The van der Waals surface area contributed by atoms with Crippen molar-refractivity contribution < 1.29 is 4.62 Å². The molecule has 32 valence electrons. The second kappa shape index (κ2) is 4.81. The maximum Gasteiger partial charge on any atom is 0.478 e. The third-order valence-corrected chi connectivity index (χ3v) is 0.564. The molecule has 0 heterocycles. The molecule has 1 atom stereocenters. The minimum absolute atomic E-state index is 0.0188. The lowest BCUT2D eigenvalue weighted by Crippen LogP contribution is -1.40. The zero-order valence-corrected chi connectivity index (χ0v) is 5.08. The van der Waals surface area contributed by atoms with Gasteiger partial charge in [-0.05, 0) is 0 Å². The second-order valence-electron chi connectivity index (χ2n) is 0.490. The lowest BCUT2D eigenvalue weighted by molar-refractivity contribution is 0.554. The summed E-state index contributed by atoms with van der Waals surface area (Å²) in [5.41, 5.74) is 0. The van der Waals surface area contributed by atoms with Gasteiger partial charge in [0.1, 0.15) is 0 Å². The molecule has 0 N–H and O–H groups in total. The van der Waals surface area contributed by atoms with Crippen molar-refractivity contribution in [2.75, 3.05) is 0 Å². The van der Waals surface area contributed by atoms with Gasteiger partial charge in [0.05, 0.1) is 11.5 Å². The van der Waals surface area contributed by atoms with Gasteiger partial charge >= 0.3 is 13.7 Å². The lowest BCUT2D eigenvalue weighted by atomic mass is 11.0. The third kappa shape index (κ3) is 3.81. The van der Waals surface area contributed by atoms with E-state index in [1.54, 1.807) is 6.92 Å². The van der Waals surface area contributed by atoms with Gasteiger partial charge in [0.2, 0.25) is 11.8 Å². The summed E-state index contributed by atoms with van der Waals surface area (Å²) in [5.74, 6) is 0. The summed E-state index contributed by atoms with van der Waals surface area (Å²) in [6, 6.07) is 2.41. The zero-order valence-electron chi connectivity index (χ0n) is 3.26.